The van der Waals surface area contributed by atoms with Crippen molar-refractivity contribution in [3.63, 3.8) is 0 Å². The molecule has 2 rings (SSSR count). The summed E-state index contributed by atoms with van der Waals surface area (Å²) in [6.07, 6.45) is 1.39. The van der Waals surface area contributed by atoms with Crippen molar-refractivity contribution in [2.45, 2.75) is 12.5 Å². The lowest BCUT2D eigenvalue weighted by molar-refractivity contribution is 0.199. The number of para-hydroxylation sites is 2. The Morgan fingerprint density at radius 2 is 2.00 bits per heavy atom. The number of likely N-dealkylation sites (tertiary alicyclic amines) is 1. The van der Waals surface area contributed by atoms with Crippen molar-refractivity contribution in [1.29, 1.82) is 0 Å². The van der Waals surface area contributed by atoms with E-state index in [4.69, 9.17) is 9.47 Å². The zero-order valence-electron chi connectivity index (χ0n) is 9.27. The molecule has 0 bridgehead atoms. The Bertz CT molecular complexity index is 327. The lowest BCUT2D eigenvalue weighted by Gasteiger charge is -2.15. The van der Waals surface area contributed by atoms with Crippen LogP contribution in [0.2, 0.25) is 0 Å². The van der Waals surface area contributed by atoms with Crippen molar-refractivity contribution >= 4 is 0 Å². The minimum atomic E-state index is 0.297. The Kier molecular flexibility index (Phi) is 3.11. The van der Waals surface area contributed by atoms with Gasteiger partial charge >= 0.3 is 0 Å². The Balaban J connectivity index is 2.04. The molecular formula is C12H17NO2. The van der Waals surface area contributed by atoms with E-state index in [2.05, 4.69) is 11.9 Å². The van der Waals surface area contributed by atoms with Crippen LogP contribution in [0.1, 0.15) is 6.42 Å². The van der Waals surface area contributed by atoms with Gasteiger partial charge in [-0.05, 0) is 25.6 Å². The first-order valence-electron chi connectivity index (χ1n) is 5.28. The number of benzene rings is 1. The van der Waals surface area contributed by atoms with Crippen LogP contribution >= 0.6 is 0 Å². The molecule has 82 valence electrons. The smallest absolute Gasteiger partial charge is 0.161 e. The van der Waals surface area contributed by atoms with E-state index in [0.29, 0.717) is 6.10 Å². The summed E-state index contributed by atoms with van der Waals surface area (Å²) in [4.78, 5) is 2.28. The van der Waals surface area contributed by atoms with Gasteiger partial charge in [0.15, 0.2) is 11.5 Å². The zero-order valence-corrected chi connectivity index (χ0v) is 9.27. The first kappa shape index (κ1) is 10.3. The molecule has 3 nitrogen and oxygen atoms in total. The molecule has 0 aromatic heterocycles. The molecule has 1 heterocycles. The first-order valence-corrected chi connectivity index (χ1v) is 5.28. The van der Waals surface area contributed by atoms with Crippen LogP contribution in [0.25, 0.3) is 0 Å². The fourth-order valence-corrected chi connectivity index (χ4v) is 1.89. The van der Waals surface area contributed by atoms with Crippen molar-refractivity contribution < 1.29 is 9.47 Å². The van der Waals surface area contributed by atoms with Crippen molar-refractivity contribution in [3.05, 3.63) is 24.3 Å². The second-order valence-electron chi connectivity index (χ2n) is 3.94. The highest BCUT2D eigenvalue weighted by Gasteiger charge is 2.21. The zero-order chi connectivity index (χ0) is 10.7. The summed E-state index contributed by atoms with van der Waals surface area (Å²) < 4.78 is 11.1. The van der Waals surface area contributed by atoms with Gasteiger partial charge in [0, 0.05) is 13.1 Å². The van der Waals surface area contributed by atoms with Crippen LogP contribution < -0.4 is 9.47 Å². The largest absolute Gasteiger partial charge is 0.493 e. The summed E-state index contributed by atoms with van der Waals surface area (Å²) >= 11 is 0. The average molecular weight is 207 g/mol. The summed E-state index contributed by atoms with van der Waals surface area (Å²) in [7, 11) is 3.79. The van der Waals surface area contributed by atoms with E-state index in [0.717, 1.165) is 31.0 Å². The Morgan fingerprint density at radius 1 is 1.27 bits per heavy atom. The number of hydrogen-bond acceptors (Lipinski definition) is 3. The van der Waals surface area contributed by atoms with Crippen molar-refractivity contribution in [2.75, 3.05) is 27.2 Å². The van der Waals surface area contributed by atoms with E-state index in [1.165, 1.54) is 0 Å². The molecule has 1 atom stereocenters. The molecule has 1 unspecified atom stereocenters. The predicted molar refractivity (Wildman–Crippen MR) is 59.5 cm³/mol. The molecule has 1 aliphatic heterocycles. The van der Waals surface area contributed by atoms with Gasteiger partial charge in [0.1, 0.15) is 6.10 Å². The molecular weight excluding hydrogens is 190 g/mol. The Morgan fingerprint density at radius 3 is 2.60 bits per heavy atom. The van der Waals surface area contributed by atoms with Crippen molar-refractivity contribution in [3.8, 4) is 11.5 Å². The maximum atomic E-state index is 5.90. The van der Waals surface area contributed by atoms with Crippen LogP contribution in [0.3, 0.4) is 0 Å². The number of methoxy groups -OCH3 is 1. The lowest BCUT2D eigenvalue weighted by atomic mass is 10.3. The molecule has 0 saturated carbocycles. The third-order valence-electron chi connectivity index (χ3n) is 2.71. The highest BCUT2D eigenvalue weighted by Crippen LogP contribution is 2.28. The van der Waals surface area contributed by atoms with E-state index in [1.807, 2.05) is 24.3 Å². The quantitative estimate of drug-likeness (QED) is 0.754. The minimum Gasteiger partial charge on any atom is -0.493 e. The van der Waals surface area contributed by atoms with E-state index in [-0.39, 0.29) is 0 Å². The number of likely N-dealkylation sites (N-methyl/N-ethyl adjacent to an activating group) is 1. The number of hydrogen-bond donors (Lipinski definition) is 0. The van der Waals surface area contributed by atoms with Gasteiger partial charge in [-0.2, -0.15) is 0 Å². The Labute approximate surface area is 90.6 Å². The maximum Gasteiger partial charge on any atom is 0.161 e. The van der Waals surface area contributed by atoms with Gasteiger partial charge in [0.25, 0.3) is 0 Å². The van der Waals surface area contributed by atoms with Crippen molar-refractivity contribution in [2.24, 2.45) is 0 Å². The van der Waals surface area contributed by atoms with Gasteiger partial charge in [0.2, 0.25) is 0 Å². The SMILES string of the molecule is COc1ccccc1OC1CCN(C)C1. The topological polar surface area (TPSA) is 21.7 Å². The standard InChI is InChI=1S/C12H17NO2/c1-13-8-7-10(9-13)15-12-6-4-3-5-11(12)14-2/h3-6,10H,7-9H2,1-2H3. The molecule has 0 spiro atoms. The second kappa shape index (κ2) is 4.53. The van der Waals surface area contributed by atoms with Gasteiger partial charge in [-0.25, -0.2) is 0 Å². The predicted octanol–water partition coefficient (Wildman–Crippen LogP) is 1.78. The van der Waals surface area contributed by atoms with Gasteiger partial charge in [-0.15, -0.1) is 0 Å². The van der Waals surface area contributed by atoms with Crippen LogP contribution in [0.4, 0.5) is 0 Å². The average Bonchev–Trinajstić information content (AvgIpc) is 2.65. The third kappa shape index (κ3) is 2.42. The summed E-state index contributed by atoms with van der Waals surface area (Å²) in [5, 5.41) is 0. The van der Waals surface area contributed by atoms with Crippen LogP contribution in [0.5, 0.6) is 11.5 Å². The van der Waals surface area contributed by atoms with Crippen LogP contribution in [0, 0.1) is 0 Å². The Hall–Kier alpha value is -1.22. The highest BCUT2D eigenvalue weighted by atomic mass is 16.5. The normalized spacial score (nSPS) is 21.6. The monoisotopic (exact) mass is 207 g/mol. The first-order chi connectivity index (χ1) is 7.29. The molecule has 1 fully saturated rings. The number of rotatable bonds is 3. The molecule has 0 N–H and O–H groups in total. The fraction of sp³-hybridized carbons (Fsp3) is 0.500. The van der Waals surface area contributed by atoms with Crippen LogP contribution in [0.15, 0.2) is 24.3 Å². The van der Waals surface area contributed by atoms with E-state index in [9.17, 15) is 0 Å². The molecule has 1 saturated heterocycles. The molecule has 0 radical (unpaired) electrons. The lowest BCUT2D eigenvalue weighted by Crippen LogP contribution is -2.21. The molecule has 3 heteroatoms. The van der Waals surface area contributed by atoms with Crippen LogP contribution in [-0.2, 0) is 0 Å². The molecule has 1 aliphatic rings. The van der Waals surface area contributed by atoms with E-state index >= 15 is 0 Å². The summed E-state index contributed by atoms with van der Waals surface area (Å²) in [5.41, 5.74) is 0. The van der Waals surface area contributed by atoms with Gasteiger partial charge in [0.05, 0.1) is 7.11 Å². The van der Waals surface area contributed by atoms with Gasteiger partial charge in [-0.1, -0.05) is 12.1 Å². The summed E-state index contributed by atoms with van der Waals surface area (Å²) in [6, 6.07) is 7.80. The van der Waals surface area contributed by atoms with E-state index in [1.54, 1.807) is 7.11 Å². The highest BCUT2D eigenvalue weighted by molar-refractivity contribution is 5.39. The molecule has 1 aromatic rings. The third-order valence-corrected chi connectivity index (χ3v) is 2.71. The number of ether oxygens (including phenoxy) is 2. The molecule has 0 amide bonds. The van der Waals surface area contributed by atoms with Crippen molar-refractivity contribution in [1.82, 2.24) is 4.90 Å². The molecule has 15 heavy (non-hydrogen) atoms. The maximum absolute atomic E-state index is 5.90. The summed E-state index contributed by atoms with van der Waals surface area (Å²) in [6.45, 7) is 2.11. The minimum absolute atomic E-state index is 0.297. The van der Waals surface area contributed by atoms with Crippen LogP contribution in [-0.4, -0.2) is 38.3 Å². The van der Waals surface area contributed by atoms with Gasteiger partial charge < -0.3 is 14.4 Å². The summed E-state index contributed by atoms with van der Waals surface area (Å²) in [5.74, 6) is 1.66. The molecule has 1 aromatic carbocycles. The van der Waals surface area contributed by atoms with Gasteiger partial charge in [-0.3, -0.25) is 0 Å². The number of nitrogens with zero attached hydrogens (tertiary/aromatic N) is 1. The second-order valence-corrected chi connectivity index (χ2v) is 3.94. The molecule has 0 aliphatic carbocycles. The fourth-order valence-electron chi connectivity index (χ4n) is 1.89. The van der Waals surface area contributed by atoms with E-state index < -0.39 is 0 Å².